The van der Waals surface area contributed by atoms with Gasteiger partial charge in [0.05, 0.1) is 0 Å². The van der Waals surface area contributed by atoms with Crippen LogP contribution in [0.5, 0.6) is 0 Å². The predicted molar refractivity (Wildman–Crippen MR) is 73.3 cm³/mol. The summed E-state index contributed by atoms with van der Waals surface area (Å²) in [5.41, 5.74) is 5.99. The van der Waals surface area contributed by atoms with Crippen LogP contribution in [0.4, 0.5) is 0 Å². The Labute approximate surface area is 115 Å². The molecule has 0 bridgehead atoms. The van der Waals surface area contributed by atoms with Crippen molar-refractivity contribution in [1.82, 2.24) is 9.80 Å². The first-order chi connectivity index (χ1) is 8.99. The summed E-state index contributed by atoms with van der Waals surface area (Å²) < 4.78 is 0. The highest BCUT2D eigenvalue weighted by atomic mass is 16.2. The summed E-state index contributed by atoms with van der Waals surface area (Å²) >= 11 is 0. The van der Waals surface area contributed by atoms with Crippen molar-refractivity contribution < 1.29 is 9.59 Å². The smallest absolute Gasteiger partial charge is 0.226 e. The lowest BCUT2D eigenvalue weighted by atomic mass is 9.77. The van der Waals surface area contributed by atoms with Gasteiger partial charge in [0.2, 0.25) is 11.8 Å². The molecule has 3 unspecified atom stereocenters. The topological polar surface area (TPSA) is 66.6 Å². The SMILES string of the molecule is CC(=O)N1CCN(C(=O)C2CC(N)CCC2C)CC1. The van der Waals surface area contributed by atoms with Gasteiger partial charge in [-0.25, -0.2) is 0 Å². The molecule has 1 heterocycles. The standard InChI is InChI=1S/C14H25N3O2/c1-10-3-4-12(15)9-13(10)14(19)17-7-5-16(6-8-17)11(2)18/h10,12-13H,3-9,15H2,1-2H3. The van der Waals surface area contributed by atoms with Gasteiger partial charge in [0, 0.05) is 45.1 Å². The van der Waals surface area contributed by atoms with E-state index >= 15 is 0 Å². The van der Waals surface area contributed by atoms with Crippen LogP contribution < -0.4 is 5.73 Å². The third-order valence-corrected chi connectivity index (χ3v) is 4.59. The number of carbonyl (C=O) groups excluding carboxylic acids is 2. The Kier molecular flexibility index (Phi) is 4.45. The molecule has 2 rings (SSSR count). The fraction of sp³-hybridized carbons (Fsp3) is 0.857. The van der Waals surface area contributed by atoms with Gasteiger partial charge in [-0.3, -0.25) is 9.59 Å². The Morgan fingerprint density at radius 2 is 1.63 bits per heavy atom. The first kappa shape index (κ1) is 14.3. The predicted octanol–water partition coefficient (Wildman–Crippen LogP) is 0.441. The quantitative estimate of drug-likeness (QED) is 0.749. The van der Waals surface area contributed by atoms with Gasteiger partial charge in [0.25, 0.3) is 0 Å². The Bertz CT molecular complexity index is 351. The molecule has 0 radical (unpaired) electrons. The third-order valence-electron chi connectivity index (χ3n) is 4.59. The number of hydrogen-bond acceptors (Lipinski definition) is 3. The molecule has 0 aromatic carbocycles. The Balaban J connectivity index is 1.91. The van der Waals surface area contributed by atoms with E-state index in [1.807, 2.05) is 4.90 Å². The zero-order valence-electron chi connectivity index (χ0n) is 12.0. The highest BCUT2D eigenvalue weighted by Crippen LogP contribution is 2.30. The van der Waals surface area contributed by atoms with Gasteiger partial charge in [-0.2, -0.15) is 0 Å². The number of nitrogens with two attached hydrogens (primary N) is 1. The maximum absolute atomic E-state index is 12.6. The van der Waals surface area contributed by atoms with Crippen molar-refractivity contribution in [3.63, 3.8) is 0 Å². The fourth-order valence-corrected chi connectivity index (χ4v) is 3.17. The second-order valence-corrected chi connectivity index (χ2v) is 5.99. The summed E-state index contributed by atoms with van der Waals surface area (Å²) in [6.07, 6.45) is 2.89. The molecule has 5 heteroatoms. The zero-order valence-corrected chi connectivity index (χ0v) is 12.0. The molecular weight excluding hydrogens is 242 g/mol. The average Bonchev–Trinajstić information content (AvgIpc) is 2.41. The summed E-state index contributed by atoms with van der Waals surface area (Å²) in [6, 6.07) is 0.170. The van der Waals surface area contributed by atoms with Crippen LogP contribution in [0.3, 0.4) is 0 Å². The minimum Gasteiger partial charge on any atom is -0.339 e. The summed E-state index contributed by atoms with van der Waals surface area (Å²) in [7, 11) is 0. The van der Waals surface area contributed by atoms with Crippen molar-refractivity contribution in [2.75, 3.05) is 26.2 Å². The van der Waals surface area contributed by atoms with Gasteiger partial charge in [-0.15, -0.1) is 0 Å². The second-order valence-electron chi connectivity index (χ2n) is 5.99. The summed E-state index contributed by atoms with van der Waals surface area (Å²) in [5, 5.41) is 0. The Morgan fingerprint density at radius 1 is 1.05 bits per heavy atom. The highest BCUT2D eigenvalue weighted by molar-refractivity contribution is 5.80. The number of hydrogen-bond donors (Lipinski definition) is 1. The van der Waals surface area contributed by atoms with Crippen molar-refractivity contribution in [2.45, 2.75) is 39.2 Å². The number of rotatable bonds is 1. The molecule has 5 nitrogen and oxygen atoms in total. The van der Waals surface area contributed by atoms with Crippen LogP contribution in [0.25, 0.3) is 0 Å². The van der Waals surface area contributed by atoms with Crippen molar-refractivity contribution >= 4 is 11.8 Å². The number of amides is 2. The van der Waals surface area contributed by atoms with E-state index in [0.717, 1.165) is 19.3 Å². The first-order valence-electron chi connectivity index (χ1n) is 7.29. The molecular formula is C14H25N3O2. The third kappa shape index (κ3) is 3.26. The fourth-order valence-electron chi connectivity index (χ4n) is 3.17. The van der Waals surface area contributed by atoms with Crippen LogP contribution in [0.2, 0.25) is 0 Å². The minimum atomic E-state index is 0.0765. The Morgan fingerprint density at radius 3 is 2.21 bits per heavy atom. The molecule has 1 saturated heterocycles. The molecule has 2 fully saturated rings. The van der Waals surface area contributed by atoms with Gasteiger partial charge >= 0.3 is 0 Å². The average molecular weight is 267 g/mol. The maximum Gasteiger partial charge on any atom is 0.226 e. The summed E-state index contributed by atoms with van der Waals surface area (Å²) in [6.45, 7) is 6.39. The second kappa shape index (κ2) is 5.90. The number of piperazine rings is 1. The van der Waals surface area contributed by atoms with E-state index in [1.54, 1.807) is 11.8 Å². The maximum atomic E-state index is 12.6. The van der Waals surface area contributed by atoms with Crippen LogP contribution in [-0.4, -0.2) is 53.8 Å². The largest absolute Gasteiger partial charge is 0.339 e. The molecule has 2 amide bonds. The van der Waals surface area contributed by atoms with E-state index < -0.39 is 0 Å². The van der Waals surface area contributed by atoms with E-state index in [1.165, 1.54) is 0 Å². The zero-order chi connectivity index (χ0) is 14.0. The lowest BCUT2D eigenvalue weighted by Crippen LogP contribution is -2.53. The molecule has 108 valence electrons. The molecule has 1 aliphatic carbocycles. The van der Waals surface area contributed by atoms with Crippen molar-refractivity contribution in [2.24, 2.45) is 17.6 Å². The van der Waals surface area contributed by atoms with E-state index in [2.05, 4.69) is 6.92 Å². The van der Waals surface area contributed by atoms with Crippen LogP contribution in [0.1, 0.15) is 33.1 Å². The van der Waals surface area contributed by atoms with Crippen molar-refractivity contribution in [3.05, 3.63) is 0 Å². The van der Waals surface area contributed by atoms with E-state index in [-0.39, 0.29) is 23.8 Å². The molecule has 2 N–H and O–H groups in total. The highest BCUT2D eigenvalue weighted by Gasteiger charge is 2.35. The van der Waals surface area contributed by atoms with E-state index in [9.17, 15) is 9.59 Å². The van der Waals surface area contributed by atoms with Crippen LogP contribution in [0, 0.1) is 11.8 Å². The molecule has 0 aromatic rings. The lowest BCUT2D eigenvalue weighted by molar-refractivity contribution is -0.143. The molecule has 2 aliphatic rings. The molecule has 0 spiro atoms. The molecule has 1 aliphatic heterocycles. The number of nitrogens with zero attached hydrogens (tertiary/aromatic N) is 2. The lowest BCUT2D eigenvalue weighted by Gasteiger charge is -2.39. The van der Waals surface area contributed by atoms with Gasteiger partial charge in [0.1, 0.15) is 0 Å². The van der Waals surface area contributed by atoms with Gasteiger partial charge < -0.3 is 15.5 Å². The van der Waals surface area contributed by atoms with Crippen LogP contribution >= 0.6 is 0 Å². The van der Waals surface area contributed by atoms with Crippen molar-refractivity contribution in [3.8, 4) is 0 Å². The molecule has 19 heavy (non-hydrogen) atoms. The van der Waals surface area contributed by atoms with E-state index in [0.29, 0.717) is 32.1 Å². The summed E-state index contributed by atoms with van der Waals surface area (Å²) in [5.74, 6) is 0.844. The van der Waals surface area contributed by atoms with Gasteiger partial charge in [-0.05, 0) is 25.2 Å². The monoisotopic (exact) mass is 267 g/mol. The minimum absolute atomic E-state index is 0.0765. The first-order valence-corrected chi connectivity index (χ1v) is 7.29. The normalized spacial score (nSPS) is 32.3. The molecule has 0 aromatic heterocycles. The molecule has 1 saturated carbocycles. The van der Waals surface area contributed by atoms with Crippen molar-refractivity contribution in [1.29, 1.82) is 0 Å². The van der Waals surface area contributed by atoms with Gasteiger partial charge in [-0.1, -0.05) is 6.92 Å². The summed E-state index contributed by atoms with van der Waals surface area (Å²) in [4.78, 5) is 27.6. The van der Waals surface area contributed by atoms with Crippen LogP contribution in [0.15, 0.2) is 0 Å². The van der Waals surface area contributed by atoms with Gasteiger partial charge in [0.15, 0.2) is 0 Å². The van der Waals surface area contributed by atoms with E-state index in [4.69, 9.17) is 5.73 Å². The number of carbonyl (C=O) groups is 2. The Hall–Kier alpha value is -1.10. The van der Waals surface area contributed by atoms with Crippen LogP contribution in [-0.2, 0) is 9.59 Å². The molecule has 3 atom stereocenters.